The molecule has 1 radical (unpaired) electrons. The molecule has 0 fully saturated rings. The van der Waals surface area contributed by atoms with E-state index in [0.29, 0.717) is 16.8 Å². The molecule has 0 spiro atoms. The quantitative estimate of drug-likeness (QED) is 0.118. The molecule has 0 unspecified atom stereocenters. The summed E-state index contributed by atoms with van der Waals surface area (Å²) in [5, 5.41) is 1.01. The Morgan fingerprint density at radius 3 is 2.14 bits per heavy atom. The normalized spacial score (nSPS) is 14.4. The molecule has 9 rings (SSSR count). The fourth-order valence-corrected chi connectivity index (χ4v) is 9.29. The van der Waals surface area contributed by atoms with Crippen molar-refractivity contribution in [1.29, 1.82) is 0 Å². The third-order valence-electron chi connectivity index (χ3n) is 10.8. The van der Waals surface area contributed by atoms with Crippen LogP contribution in [-0.4, -0.2) is 22.6 Å². The Labute approximate surface area is 366 Å². The van der Waals surface area contributed by atoms with Gasteiger partial charge in [0.2, 0.25) is 0 Å². The second kappa shape index (κ2) is 16.6. The zero-order valence-electron chi connectivity index (χ0n) is 39.1. The average Bonchev–Trinajstić information content (AvgIpc) is 3.76. The number of para-hydroxylation sites is 2. The largest absolute Gasteiger partial charge is 0.333 e. The molecule has 0 saturated carbocycles. The summed E-state index contributed by atoms with van der Waals surface area (Å²) in [7, 11) is -1.78. The average molecular weight is 955 g/mol. The zero-order valence-corrected chi connectivity index (χ0v) is 37.5. The summed E-state index contributed by atoms with van der Waals surface area (Å²) in [5.74, 6) is 0.739. The fourth-order valence-electron chi connectivity index (χ4n) is 7.89. The van der Waals surface area contributed by atoms with Crippen molar-refractivity contribution in [3.8, 4) is 50.6 Å². The maximum Gasteiger partial charge on any atom is 0.0798 e. The van der Waals surface area contributed by atoms with Crippen LogP contribution in [0.1, 0.15) is 56.8 Å². The summed E-state index contributed by atoms with van der Waals surface area (Å²) in [6, 6.07) is 53.9. The van der Waals surface area contributed by atoms with Gasteiger partial charge >= 0.3 is 0 Å². The van der Waals surface area contributed by atoms with Crippen molar-refractivity contribution in [3.63, 3.8) is 0 Å². The summed E-state index contributed by atoms with van der Waals surface area (Å²) in [6.45, 7) is 12.7. The first-order valence-electron chi connectivity index (χ1n) is 22.2. The number of aromatic nitrogens is 3. The Morgan fingerprint density at radius 1 is 0.741 bits per heavy atom. The van der Waals surface area contributed by atoms with Crippen LogP contribution >= 0.6 is 0 Å². The number of imidazole rings is 1. The van der Waals surface area contributed by atoms with Crippen LogP contribution in [0, 0.1) is 24.9 Å². The number of rotatable bonds is 7. The summed E-state index contributed by atoms with van der Waals surface area (Å²) in [6.07, 6.45) is 0.328. The van der Waals surface area contributed by atoms with Crippen LogP contribution in [0.15, 0.2) is 146 Å². The van der Waals surface area contributed by atoms with Gasteiger partial charge in [0.15, 0.2) is 0 Å². The van der Waals surface area contributed by atoms with E-state index in [0.717, 1.165) is 33.3 Å². The van der Waals surface area contributed by atoms with Crippen molar-refractivity contribution in [2.45, 2.75) is 66.0 Å². The van der Waals surface area contributed by atoms with Crippen molar-refractivity contribution in [1.82, 2.24) is 14.5 Å². The molecular weight excluding hydrogens is 899 g/mol. The number of benzene rings is 6. The molecule has 3 nitrogen and oxygen atoms in total. The zero-order chi connectivity index (χ0) is 44.2. The SMILES string of the molecule is CC1(C)c2c[c-]c(-c3nc4ccccc4n3-c3ccc(-c4ccccc4)cc3)cc2-c2ccccc21.[2H]C([2H])([2H])c1c[c-]c(-c2cc(C([2H])([2H])C(C)C)c([Si](C)(C)C)cn2)cc1.[Ir]. The maximum absolute atomic E-state index is 8.59. The number of nitrogens with zero attached hydrogens (tertiary/aromatic N) is 3. The van der Waals surface area contributed by atoms with E-state index < -0.39 is 21.3 Å². The number of fused-ring (bicyclic) bond motifs is 4. The smallest absolute Gasteiger partial charge is 0.0798 e. The van der Waals surface area contributed by atoms with Gasteiger partial charge in [0.25, 0.3) is 0 Å². The van der Waals surface area contributed by atoms with Crippen molar-refractivity contribution < 1.29 is 27.0 Å². The van der Waals surface area contributed by atoms with E-state index in [1.807, 2.05) is 26.0 Å². The second-order valence-corrected chi connectivity index (χ2v) is 21.7. The Bertz CT molecular complexity index is 2900. The molecule has 0 amide bonds. The van der Waals surface area contributed by atoms with E-state index in [1.54, 1.807) is 18.3 Å². The van der Waals surface area contributed by atoms with Gasteiger partial charge in [0.05, 0.1) is 24.9 Å². The van der Waals surface area contributed by atoms with Gasteiger partial charge in [0, 0.05) is 38.8 Å². The van der Waals surface area contributed by atoms with E-state index in [1.165, 1.54) is 39.4 Å². The topological polar surface area (TPSA) is 30.7 Å². The molecule has 0 atom stereocenters. The van der Waals surface area contributed by atoms with Crippen molar-refractivity contribution in [2.75, 3.05) is 0 Å². The number of aryl methyl sites for hydroxylation is 1. The molecule has 2 heterocycles. The molecule has 1 aliphatic rings. The fraction of sp³-hybridized carbons (Fsp3) is 0.208. The van der Waals surface area contributed by atoms with E-state index >= 15 is 0 Å². The first kappa shape index (κ1) is 34.8. The van der Waals surface area contributed by atoms with Gasteiger partial charge in [-0.25, -0.2) is 0 Å². The summed E-state index contributed by atoms with van der Waals surface area (Å²) in [4.78, 5) is 9.63. The minimum atomic E-state index is -2.16. The minimum absolute atomic E-state index is 0. The third kappa shape index (κ3) is 8.09. The molecule has 0 aliphatic heterocycles. The Hall–Kier alpha value is -5.19. The molecule has 6 aromatic carbocycles. The predicted octanol–water partition coefficient (Wildman–Crippen LogP) is 13.1. The second-order valence-electron chi connectivity index (χ2n) is 16.7. The number of hydrogen-bond donors (Lipinski definition) is 0. The molecule has 0 bridgehead atoms. The third-order valence-corrected chi connectivity index (χ3v) is 12.8. The van der Waals surface area contributed by atoms with Gasteiger partial charge < -0.3 is 9.55 Å². The molecule has 58 heavy (non-hydrogen) atoms. The van der Waals surface area contributed by atoms with Crippen LogP contribution in [0.4, 0.5) is 0 Å². The Morgan fingerprint density at radius 2 is 1.43 bits per heavy atom. The van der Waals surface area contributed by atoms with Crippen LogP contribution in [0.5, 0.6) is 0 Å². The van der Waals surface area contributed by atoms with Gasteiger partial charge in [0.1, 0.15) is 0 Å². The summed E-state index contributed by atoms with van der Waals surface area (Å²) in [5.41, 5.74) is 14.0. The standard InChI is InChI=1S/C34H25N2.C19H26NSi.Ir/c1-34(2)29-13-7-6-12-27(29)28-22-25(18-21-30(28)34)33-35-31-14-8-9-15-32(31)36(33)26-19-16-24(17-20-26)23-10-4-3-5-11-23;1-14(2)11-17-12-18(16-9-7-15(3)8-10-16)20-13-19(17)21(4,5)6;/h3-17,19-22H,1-2H3;7-9,12-14H,11H2,1-6H3;/q2*-1;/i;3D3,11D2;. The minimum Gasteiger partial charge on any atom is -0.333 e. The molecular formula is C53H51IrN3Si-2. The molecule has 293 valence electrons. The first-order valence-corrected chi connectivity index (χ1v) is 23.2. The molecule has 1 aliphatic carbocycles. The van der Waals surface area contributed by atoms with E-state index in [-0.39, 0.29) is 37.0 Å². The molecule has 0 N–H and O–H groups in total. The van der Waals surface area contributed by atoms with Gasteiger partial charge in [-0.3, -0.25) is 4.98 Å². The van der Waals surface area contributed by atoms with Gasteiger partial charge in [-0.1, -0.05) is 150 Å². The number of hydrogen-bond acceptors (Lipinski definition) is 2. The van der Waals surface area contributed by atoms with Crippen LogP contribution in [0.3, 0.4) is 0 Å². The first-order chi connectivity index (χ1) is 29.4. The van der Waals surface area contributed by atoms with Gasteiger partial charge in [-0.2, -0.15) is 0 Å². The van der Waals surface area contributed by atoms with Crippen LogP contribution < -0.4 is 5.19 Å². The van der Waals surface area contributed by atoms with Crippen molar-refractivity contribution in [3.05, 3.63) is 180 Å². The Balaban J connectivity index is 0.000000197. The molecule has 8 aromatic rings. The van der Waals surface area contributed by atoms with Crippen LogP contribution in [0.2, 0.25) is 19.6 Å². The van der Waals surface area contributed by atoms with E-state index in [4.69, 9.17) is 11.8 Å². The van der Waals surface area contributed by atoms with Crippen LogP contribution in [0.25, 0.3) is 61.6 Å². The van der Waals surface area contributed by atoms with Crippen molar-refractivity contribution >= 4 is 24.3 Å². The summed E-state index contributed by atoms with van der Waals surface area (Å²) >= 11 is 0. The van der Waals surface area contributed by atoms with Gasteiger partial charge in [-0.15, -0.1) is 64.7 Å². The van der Waals surface area contributed by atoms with Crippen LogP contribution in [-0.2, 0) is 31.9 Å². The molecule has 2 aromatic heterocycles. The summed E-state index contributed by atoms with van der Waals surface area (Å²) < 4.78 is 41.8. The predicted molar refractivity (Wildman–Crippen MR) is 243 cm³/mol. The van der Waals surface area contributed by atoms with Gasteiger partial charge in [-0.05, 0) is 75.1 Å². The maximum atomic E-state index is 8.59. The van der Waals surface area contributed by atoms with E-state index in [9.17, 15) is 0 Å². The molecule has 5 heteroatoms. The van der Waals surface area contributed by atoms with E-state index in [2.05, 4.69) is 164 Å². The monoisotopic (exact) mass is 955 g/mol. The number of pyridine rings is 1. The molecule has 0 saturated heterocycles. The Kier molecular flexibility index (Phi) is 9.95. The van der Waals surface area contributed by atoms with Crippen molar-refractivity contribution in [2.24, 2.45) is 5.92 Å².